The molecule has 0 aromatic carbocycles. The molecule has 2 heterocycles. The Bertz CT molecular complexity index is 426. The molecular weight excluding hydrogens is 212 g/mol. The van der Waals surface area contributed by atoms with E-state index in [1.165, 1.54) is 0 Å². The van der Waals surface area contributed by atoms with E-state index in [0.717, 1.165) is 5.56 Å². The van der Waals surface area contributed by atoms with Gasteiger partial charge in [-0.3, -0.25) is 9.67 Å². The zero-order valence-corrected chi connectivity index (χ0v) is 8.80. The number of nitrogens with zero attached hydrogens (tertiary/aromatic N) is 3. The molecule has 5 heteroatoms. The summed E-state index contributed by atoms with van der Waals surface area (Å²) in [5.41, 5.74) is 6.74. The molecule has 0 aliphatic rings. The highest BCUT2D eigenvalue weighted by atomic mass is 35.5. The molecule has 2 N–H and O–H groups in total. The maximum Gasteiger partial charge on any atom is 0.0906 e. The van der Waals surface area contributed by atoms with Gasteiger partial charge in [0, 0.05) is 25.1 Å². The second-order valence-corrected chi connectivity index (χ2v) is 3.61. The normalized spacial score (nSPS) is 12.7. The first-order valence-electron chi connectivity index (χ1n) is 4.61. The van der Waals surface area contributed by atoms with E-state index >= 15 is 0 Å². The smallest absolute Gasteiger partial charge is 0.0906 e. The van der Waals surface area contributed by atoms with Crippen LogP contribution in [0.2, 0.25) is 5.02 Å². The topological polar surface area (TPSA) is 56.7 Å². The lowest BCUT2D eigenvalue weighted by Crippen LogP contribution is -2.20. The van der Waals surface area contributed by atoms with Crippen molar-refractivity contribution >= 4 is 11.6 Å². The molecule has 0 aliphatic heterocycles. The molecule has 0 fully saturated rings. The van der Waals surface area contributed by atoms with Crippen molar-refractivity contribution in [3.05, 3.63) is 47.5 Å². The third kappa shape index (κ3) is 2.16. The highest BCUT2D eigenvalue weighted by Gasteiger charge is 2.12. The van der Waals surface area contributed by atoms with Crippen molar-refractivity contribution in [1.29, 1.82) is 0 Å². The predicted molar refractivity (Wildman–Crippen MR) is 58.7 cm³/mol. The number of hydrogen-bond acceptors (Lipinski definition) is 3. The Morgan fingerprint density at radius 2 is 2.33 bits per heavy atom. The van der Waals surface area contributed by atoms with Crippen LogP contribution in [0, 0.1) is 0 Å². The summed E-state index contributed by atoms with van der Waals surface area (Å²) >= 11 is 5.81. The van der Waals surface area contributed by atoms with Gasteiger partial charge in [-0.2, -0.15) is 5.10 Å². The molecule has 0 radical (unpaired) electrons. The fourth-order valence-corrected chi connectivity index (χ4v) is 1.60. The first kappa shape index (κ1) is 10.1. The second-order valence-electron chi connectivity index (χ2n) is 3.18. The summed E-state index contributed by atoms with van der Waals surface area (Å²) in [5, 5.41) is 4.75. The molecule has 0 aliphatic carbocycles. The lowest BCUT2D eigenvalue weighted by Gasteiger charge is -2.14. The van der Waals surface area contributed by atoms with Crippen molar-refractivity contribution in [2.75, 3.05) is 6.54 Å². The molecule has 78 valence electrons. The molecule has 0 spiro atoms. The van der Waals surface area contributed by atoms with Gasteiger partial charge in [-0.1, -0.05) is 17.7 Å². The minimum atomic E-state index is -0.00815. The second kappa shape index (κ2) is 4.42. The summed E-state index contributed by atoms with van der Waals surface area (Å²) in [5.74, 6) is 0. The maximum absolute atomic E-state index is 5.81. The van der Waals surface area contributed by atoms with Crippen LogP contribution >= 0.6 is 11.6 Å². The number of nitrogens with two attached hydrogens (primary N) is 1. The van der Waals surface area contributed by atoms with Crippen LogP contribution in [0.25, 0.3) is 0 Å². The zero-order valence-electron chi connectivity index (χ0n) is 8.05. The minimum absolute atomic E-state index is 0.00815. The lowest BCUT2D eigenvalue weighted by molar-refractivity contribution is 0.530. The van der Waals surface area contributed by atoms with E-state index in [0.29, 0.717) is 11.6 Å². The monoisotopic (exact) mass is 222 g/mol. The molecule has 0 bridgehead atoms. The standard InChI is InChI=1S/C10H11ClN4/c11-9-6-14-15(7-9)10(4-12)8-2-1-3-13-5-8/h1-3,5-7,10H,4,12H2. The molecular formula is C10H11ClN4. The average Bonchev–Trinajstić information content (AvgIpc) is 2.68. The van der Waals surface area contributed by atoms with Crippen molar-refractivity contribution in [2.45, 2.75) is 6.04 Å². The van der Waals surface area contributed by atoms with Gasteiger partial charge in [0.05, 0.1) is 17.3 Å². The van der Waals surface area contributed by atoms with Gasteiger partial charge in [-0.15, -0.1) is 0 Å². The summed E-state index contributed by atoms with van der Waals surface area (Å²) in [7, 11) is 0. The molecule has 1 atom stereocenters. The van der Waals surface area contributed by atoms with E-state index in [1.807, 2.05) is 12.1 Å². The van der Waals surface area contributed by atoms with Crippen LogP contribution < -0.4 is 5.73 Å². The van der Waals surface area contributed by atoms with Gasteiger partial charge in [0.1, 0.15) is 0 Å². The van der Waals surface area contributed by atoms with E-state index in [2.05, 4.69) is 10.1 Å². The zero-order chi connectivity index (χ0) is 10.7. The third-order valence-electron chi connectivity index (χ3n) is 2.18. The largest absolute Gasteiger partial charge is 0.328 e. The summed E-state index contributed by atoms with van der Waals surface area (Å²) in [4.78, 5) is 4.06. The van der Waals surface area contributed by atoms with Gasteiger partial charge < -0.3 is 5.73 Å². The van der Waals surface area contributed by atoms with Gasteiger partial charge in [0.25, 0.3) is 0 Å². The van der Waals surface area contributed by atoms with Crippen LogP contribution in [-0.2, 0) is 0 Å². The summed E-state index contributed by atoms with van der Waals surface area (Å²) in [6.07, 6.45) is 6.87. The van der Waals surface area contributed by atoms with E-state index in [-0.39, 0.29) is 6.04 Å². The van der Waals surface area contributed by atoms with Crippen molar-refractivity contribution in [3.63, 3.8) is 0 Å². The number of rotatable bonds is 3. The van der Waals surface area contributed by atoms with E-state index in [4.69, 9.17) is 17.3 Å². The van der Waals surface area contributed by atoms with Crippen molar-refractivity contribution in [3.8, 4) is 0 Å². The Hall–Kier alpha value is -1.39. The first-order chi connectivity index (χ1) is 7.31. The Morgan fingerprint density at radius 3 is 2.87 bits per heavy atom. The van der Waals surface area contributed by atoms with Crippen molar-refractivity contribution in [2.24, 2.45) is 5.73 Å². The molecule has 1 unspecified atom stereocenters. The van der Waals surface area contributed by atoms with Crippen LogP contribution in [0.5, 0.6) is 0 Å². The Morgan fingerprint density at radius 1 is 1.47 bits per heavy atom. The van der Waals surface area contributed by atoms with Gasteiger partial charge in [-0.25, -0.2) is 0 Å². The number of halogens is 1. The van der Waals surface area contributed by atoms with Crippen LogP contribution in [0.15, 0.2) is 36.9 Å². The number of hydrogen-bond donors (Lipinski definition) is 1. The minimum Gasteiger partial charge on any atom is -0.328 e. The molecule has 0 amide bonds. The fourth-order valence-electron chi connectivity index (χ4n) is 1.46. The molecule has 4 nitrogen and oxygen atoms in total. The third-order valence-corrected chi connectivity index (χ3v) is 2.38. The Balaban J connectivity index is 2.33. The molecule has 2 aromatic rings. The fraction of sp³-hybridized carbons (Fsp3) is 0.200. The average molecular weight is 223 g/mol. The van der Waals surface area contributed by atoms with Crippen LogP contribution in [0.4, 0.5) is 0 Å². The number of pyridine rings is 1. The van der Waals surface area contributed by atoms with Gasteiger partial charge in [0.15, 0.2) is 0 Å². The van der Waals surface area contributed by atoms with Crippen LogP contribution in [0.3, 0.4) is 0 Å². The van der Waals surface area contributed by atoms with Crippen LogP contribution in [0.1, 0.15) is 11.6 Å². The maximum atomic E-state index is 5.81. The van der Waals surface area contributed by atoms with Gasteiger partial charge in [-0.05, 0) is 11.6 Å². The summed E-state index contributed by atoms with van der Waals surface area (Å²) in [6.45, 7) is 0.462. The summed E-state index contributed by atoms with van der Waals surface area (Å²) < 4.78 is 1.75. The van der Waals surface area contributed by atoms with E-state index in [1.54, 1.807) is 29.5 Å². The molecule has 0 saturated heterocycles. The van der Waals surface area contributed by atoms with Crippen molar-refractivity contribution < 1.29 is 0 Å². The number of aromatic nitrogens is 3. The molecule has 15 heavy (non-hydrogen) atoms. The Kier molecular flexibility index (Phi) is 2.99. The highest BCUT2D eigenvalue weighted by molar-refractivity contribution is 6.30. The predicted octanol–water partition coefficient (Wildman–Crippen LogP) is 1.48. The quantitative estimate of drug-likeness (QED) is 0.856. The first-order valence-corrected chi connectivity index (χ1v) is 4.98. The van der Waals surface area contributed by atoms with E-state index < -0.39 is 0 Å². The van der Waals surface area contributed by atoms with Crippen molar-refractivity contribution in [1.82, 2.24) is 14.8 Å². The van der Waals surface area contributed by atoms with E-state index in [9.17, 15) is 0 Å². The SMILES string of the molecule is NCC(c1cccnc1)n1cc(Cl)cn1. The van der Waals surface area contributed by atoms with Gasteiger partial charge in [0.2, 0.25) is 0 Å². The van der Waals surface area contributed by atoms with Crippen LogP contribution in [-0.4, -0.2) is 21.3 Å². The summed E-state index contributed by atoms with van der Waals surface area (Å²) in [6, 6.07) is 3.84. The highest BCUT2D eigenvalue weighted by Crippen LogP contribution is 2.17. The Labute approximate surface area is 92.7 Å². The van der Waals surface area contributed by atoms with Gasteiger partial charge >= 0.3 is 0 Å². The molecule has 0 saturated carbocycles. The molecule has 2 aromatic heterocycles. The molecule has 2 rings (SSSR count). The lowest BCUT2D eigenvalue weighted by atomic mass is 10.1.